The SMILES string of the molecule is COC1NC(=O)N(C(C)C)C1(C)C. The normalized spacial score (nSPS) is 26.8. The standard InChI is InChI=1S/C9H18N2O2/c1-6(2)11-8(12)10-7(13-5)9(11,3)4/h6-7H,1-5H3,(H,10,12). The van der Waals surface area contributed by atoms with Gasteiger partial charge in [-0.15, -0.1) is 0 Å². The lowest BCUT2D eigenvalue weighted by Crippen LogP contribution is -2.50. The number of methoxy groups -OCH3 is 1. The van der Waals surface area contributed by atoms with Crippen LogP contribution in [0.1, 0.15) is 27.7 Å². The van der Waals surface area contributed by atoms with E-state index in [4.69, 9.17) is 4.74 Å². The van der Waals surface area contributed by atoms with Crippen LogP contribution in [0.25, 0.3) is 0 Å². The van der Waals surface area contributed by atoms with Crippen LogP contribution in [0.5, 0.6) is 0 Å². The van der Waals surface area contributed by atoms with Crippen LogP contribution in [0.15, 0.2) is 0 Å². The molecule has 2 amide bonds. The molecule has 1 unspecified atom stereocenters. The monoisotopic (exact) mass is 186 g/mol. The Kier molecular flexibility index (Phi) is 2.52. The van der Waals surface area contributed by atoms with Gasteiger partial charge in [0, 0.05) is 13.2 Å². The zero-order chi connectivity index (χ0) is 10.2. The molecular formula is C9H18N2O2. The third-order valence-electron chi connectivity index (χ3n) is 2.49. The largest absolute Gasteiger partial charge is 0.359 e. The molecule has 1 saturated heterocycles. The van der Waals surface area contributed by atoms with Crippen molar-refractivity contribution in [3.63, 3.8) is 0 Å². The van der Waals surface area contributed by atoms with Crippen LogP contribution in [-0.2, 0) is 4.74 Å². The molecule has 1 atom stereocenters. The van der Waals surface area contributed by atoms with Gasteiger partial charge in [-0.25, -0.2) is 4.79 Å². The van der Waals surface area contributed by atoms with Crippen molar-refractivity contribution in [2.45, 2.75) is 45.5 Å². The molecule has 0 aliphatic carbocycles. The van der Waals surface area contributed by atoms with E-state index in [1.165, 1.54) is 0 Å². The Labute approximate surface area is 79.2 Å². The molecule has 1 rings (SSSR count). The van der Waals surface area contributed by atoms with Gasteiger partial charge in [0.1, 0.15) is 0 Å². The van der Waals surface area contributed by atoms with Gasteiger partial charge in [-0.2, -0.15) is 0 Å². The molecule has 0 bridgehead atoms. The summed E-state index contributed by atoms with van der Waals surface area (Å²) >= 11 is 0. The Morgan fingerprint density at radius 1 is 1.54 bits per heavy atom. The third kappa shape index (κ3) is 1.50. The lowest BCUT2D eigenvalue weighted by molar-refractivity contribution is 0.00434. The van der Waals surface area contributed by atoms with Crippen molar-refractivity contribution in [1.29, 1.82) is 0 Å². The van der Waals surface area contributed by atoms with Crippen LogP contribution in [0.4, 0.5) is 4.79 Å². The molecule has 1 N–H and O–H groups in total. The van der Waals surface area contributed by atoms with Gasteiger partial charge in [0.15, 0.2) is 6.23 Å². The number of hydrogen-bond donors (Lipinski definition) is 1. The Balaban J connectivity index is 2.91. The Morgan fingerprint density at radius 2 is 2.08 bits per heavy atom. The summed E-state index contributed by atoms with van der Waals surface area (Å²) in [5, 5.41) is 2.79. The minimum atomic E-state index is -0.278. The van der Waals surface area contributed by atoms with E-state index >= 15 is 0 Å². The van der Waals surface area contributed by atoms with Gasteiger partial charge >= 0.3 is 6.03 Å². The van der Waals surface area contributed by atoms with Gasteiger partial charge in [-0.05, 0) is 27.7 Å². The summed E-state index contributed by atoms with van der Waals surface area (Å²) < 4.78 is 5.20. The summed E-state index contributed by atoms with van der Waals surface area (Å²) in [6.07, 6.45) is -0.220. The summed E-state index contributed by atoms with van der Waals surface area (Å²) in [5.41, 5.74) is -0.278. The van der Waals surface area contributed by atoms with Gasteiger partial charge in [0.25, 0.3) is 0 Å². The minimum absolute atomic E-state index is 0.0492. The van der Waals surface area contributed by atoms with Gasteiger partial charge in [-0.3, -0.25) is 0 Å². The predicted molar refractivity (Wildman–Crippen MR) is 50.4 cm³/mol. The van der Waals surface area contributed by atoms with Gasteiger partial charge < -0.3 is 15.0 Å². The number of hydrogen-bond acceptors (Lipinski definition) is 2. The summed E-state index contributed by atoms with van der Waals surface area (Å²) in [5.74, 6) is 0. The molecule has 4 nitrogen and oxygen atoms in total. The first-order valence-corrected chi connectivity index (χ1v) is 4.54. The maximum Gasteiger partial charge on any atom is 0.320 e. The number of ether oxygens (including phenoxy) is 1. The molecule has 1 heterocycles. The Morgan fingerprint density at radius 3 is 2.31 bits per heavy atom. The number of amides is 2. The molecule has 1 aliphatic heterocycles. The van der Waals surface area contributed by atoms with E-state index in [0.29, 0.717) is 0 Å². The van der Waals surface area contributed by atoms with Gasteiger partial charge in [0.05, 0.1) is 5.54 Å². The van der Waals surface area contributed by atoms with Crippen molar-refractivity contribution in [3.8, 4) is 0 Å². The molecule has 13 heavy (non-hydrogen) atoms. The fraction of sp³-hybridized carbons (Fsp3) is 0.889. The molecule has 76 valence electrons. The molecule has 0 aromatic carbocycles. The van der Waals surface area contributed by atoms with Crippen molar-refractivity contribution in [2.75, 3.05) is 7.11 Å². The second kappa shape index (κ2) is 3.18. The van der Waals surface area contributed by atoms with Crippen LogP contribution in [-0.4, -0.2) is 35.8 Å². The smallest absolute Gasteiger partial charge is 0.320 e. The van der Waals surface area contributed by atoms with E-state index in [1.807, 2.05) is 27.7 Å². The van der Waals surface area contributed by atoms with E-state index in [1.54, 1.807) is 12.0 Å². The van der Waals surface area contributed by atoms with E-state index in [9.17, 15) is 4.79 Å². The van der Waals surface area contributed by atoms with E-state index < -0.39 is 0 Å². The number of nitrogens with one attached hydrogen (secondary N) is 1. The topological polar surface area (TPSA) is 41.6 Å². The second-order valence-electron chi connectivity index (χ2n) is 4.18. The van der Waals surface area contributed by atoms with Crippen molar-refractivity contribution in [1.82, 2.24) is 10.2 Å². The van der Waals surface area contributed by atoms with E-state index in [0.717, 1.165) is 0 Å². The number of urea groups is 1. The van der Waals surface area contributed by atoms with Crippen LogP contribution in [0.3, 0.4) is 0 Å². The average Bonchev–Trinajstić information content (AvgIpc) is 2.20. The highest BCUT2D eigenvalue weighted by Gasteiger charge is 2.47. The first-order valence-electron chi connectivity index (χ1n) is 4.54. The Hall–Kier alpha value is -0.770. The van der Waals surface area contributed by atoms with E-state index in [-0.39, 0.29) is 23.8 Å². The highest BCUT2D eigenvalue weighted by atomic mass is 16.5. The van der Waals surface area contributed by atoms with Crippen LogP contribution < -0.4 is 5.32 Å². The van der Waals surface area contributed by atoms with Crippen molar-refractivity contribution in [3.05, 3.63) is 0 Å². The maximum atomic E-state index is 11.5. The van der Waals surface area contributed by atoms with Crippen molar-refractivity contribution >= 4 is 6.03 Å². The average molecular weight is 186 g/mol. The fourth-order valence-electron chi connectivity index (χ4n) is 1.99. The highest BCUT2D eigenvalue weighted by Crippen LogP contribution is 2.27. The van der Waals surface area contributed by atoms with Gasteiger partial charge in [-0.1, -0.05) is 0 Å². The molecule has 0 spiro atoms. The molecule has 0 saturated carbocycles. The quantitative estimate of drug-likeness (QED) is 0.703. The molecule has 4 heteroatoms. The maximum absolute atomic E-state index is 11.5. The first-order chi connectivity index (χ1) is 5.91. The number of rotatable bonds is 2. The summed E-state index contributed by atoms with van der Waals surface area (Å²) in [4.78, 5) is 13.3. The van der Waals surface area contributed by atoms with Crippen LogP contribution in [0, 0.1) is 0 Å². The number of nitrogens with zero attached hydrogens (tertiary/aromatic N) is 1. The molecule has 1 aliphatic rings. The van der Waals surface area contributed by atoms with Crippen LogP contribution in [0.2, 0.25) is 0 Å². The molecule has 1 fully saturated rings. The summed E-state index contributed by atoms with van der Waals surface area (Å²) in [6.45, 7) is 8.00. The zero-order valence-corrected chi connectivity index (χ0v) is 8.92. The third-order valence-corrected chi connectivity index (χ3v) is 2.49. The van der Waals surface area contributed by atoms with Crippen LogP contribution >= 0.6 is 0 Å². The molecular weight excluding hydrogens is 168 g/mol. The highest BCUT2D eigenvalue weighted by molar-refractivity contribution is 5.78. The summed E-state index contributed by atoms with van der Waals surface area (Å²) in [6, 6.07) is 0.141. The van der Waals surface area contributed by atoms with Crippen molar-refractivity contribution in [2.24, 2.45) is 0 Å². The number of carbonyl (C=O) groups excluding carboxylic acids is 1. The summed E-state index contributed by atoms with van der Waals surface area (Å²) in [7, 11) is 1.61. The van der Waals surface area contributed by atoms with E-state index in [2.05, 4.69) is 5.32 Å². The molecule has 0 aromatic heterocycles. The predicted octanol–water partition coefficient (Wildman–Crippen LogP) is 1.17. The molecule has 0 radical (unpaired) electrons. The Bertz CT molecular complexity index is 214. The first kappa shape index (κ1) is 10.3. The number of carbonyl (C=O) groups is 1. The van der Waals surface area contributed by atoms with Gasteiger partial charge in [0.2, 0.25) is 0 Å². The van der Waals surface area contributed by atoms with Crippen molar-refractivity contribution < 1.29 is 9.53 Å². The lowest BCUT2D eigenvalue weighted by Gasteiger charge is -2.35. The second-order valence-corrected chi connectivity index (χ2v) is 4.18. The molecule has 0 aromatic rings. The lowest BCUT2D eigenvalue weighted by atomic mass is 10.0. The minimum Gasteiger partial charge on any atom is -0.359 e. The zero-order valence-electron chi connectivity index (χ0n) is 8.92. The fourth-order valence-corrected chi connectivity index (χ4v) is 1.99.